The third kappa shape index (κ3) is 3.63. The maximum Gasteiger partial charge on any atom is 0.335 e. The fourth-order valence-corrected chi connectivity index (χ4v) is 3.32. The van der Waals surface area contributed by atoms with E-state index in [1.807, 2.05) is 24.3 Å². The highest BCUT2D eigenvalue weighted by atomic mass is 35.5. The van der Waals surface area contributed by atoms with Crippen LogP contribution in [0.1, 0.15) is 10.4 Å². The van der Waals surface area contributed by atoms with Crippen molar-refractivity contribution >= 4 is 51.6 Å². The van der Waals surface area contributed by atoms with Gasteiger partial charge in [0.15, 0.2) is 5.82 Å². The molecule has 0 amide bonds. The van der Waals surface area contributed by atoms with Crippen molar-refractivity contribution in [1.82, 2.24) is 9.97 Å². The second kappa shape index (κ2) is 7.46. The molecular weight excluding hydrogens is 397 g/mol. The summed E-state index contributed by atoms with van der Waals surface area (Å²) < 4.78 is 0. The number of hydrogen-bond acceptors (Lipinski definition) is 4. The lowest BCUT2D eigenvalue weighted by molar-refractivity contribution is 0.0697. The van der Waals surface area contributed by atoms with Crippen LogP contribution in [0, 0.1) is 0 Å². The first-order chi connectivity index (χ1) is 13.5. The number of aromatic carboxylic acids is 1. The number of carbonyl (C=O) groups is 1. The summed E-state index contributed by atoms with van der Waals surface area (Å²) in [5.41, 5.74) is 2.18. The Balaban J connectivity index is 1.85. The van der Waals surface area contributed by atoms with Crippen molar-refractivity contribution in [3.8, 4) is 11.4 Å². The van der Waals surface area contributed by atoms with Crippen molar-refractivity contribution in [2.24, 2.45) is 0 Å². The van der Waals surface area contributed by atoms with Crippen LogP contribution < -0.4 is 5.32 Å². The minimum absolute atomic E-state index is 0.185. The van der Waals surface area contributed by atoms with Crippen LogP contribution in [0.3, 0.4) is 0 Å². The maximum absolute atomic E-state index is 11.2. The van der Waals surface area contributed by atoms with E-state index < -0.39 is 5.97 Å². The quantitative estimate of drug-likeness (QED) is 0.429. The predicted octanol–water partition coefficient (Wildman–Crippen LogP) is 6.05. The van der Waals surface area contributed by atoms with Gasteiger partial charge in [-0.3, -0.25) is 0 Å². The van der Waals surface area contributed by atoms with Gasteiger partial charge in [0.2, 0.25) is 0 Å². The van der Waals surface area contributed by atoms with Crippen molar-refractivity contribution in [2.75, 3.05) is 5.32 Å². The number of carboxylic acids is 1. The van der Waals surface area contributed by atoms with Gasteiger partial charge in [-0.2, -0.15) is 0 Å². The van der Waals surface area contributed by atoms with Gasteiger partial charge in [-0.25, -0.2) is 14.8 Å². The van der Waals surface area contributed by atoms with Crippen molar-refractivity contribution in [3.05, 3.63) is 82.3 Å². The van der Waals surface area contributed by atoms with E-state index in [-0.39, 0.29) is 5.56 Å². The third-order valence-corrected chi connectivity index (χ3v) is 4.70. The molecule has 0 unspecified atom stereocenters. The van der Waals surface area contributed by atoms with Crippen LogP contribution in [-0.2, 0) is 0 Å². The molecule has 0 bridgehead atoms. The van der Waals surface area contributed by atoms with Gasteiger partial charge >= 0.3 is 5.97 Å². The topological polar surface area (TPSA) is 75.1 Å². The zero-order chi connectivity index (χ0) is 19.7. The van der Waals surface area contributed by atoms with E-state index in [1.165, 1.54) is 6.07 Å². The molecule has 7 heteroatoms. The largest absolute Gasteiger partial charge is 0.478 e. The second-order valence-electron chi connectivity index (χ2n) is 6.05. The molecule has 1 aromatic heterocycles. The highest BCUT2D eigenvalue weighted by molar-refractivity contribution is 6.36. The lowest BCUT2D eigenvalue weighted by Crippen LogP contribution is -2.01. The summed E-state index contributed by atoms with van der Waals surface area (Å²) >= 11 is 12.3. The van der Waals surface area contributed by atoms with Gasteiger partial charge in [0.1, 0.15) is 5.82 Å². The first kappa shape index (κ1) is 18.2. The molecule has 0 aliphatic carbocycles. The van der Waals surface area contributed by atoms with E-state index in [2.05, 4.69) is 15.3 Å². The second-order valence-corrected chi connectivity index (χ2v) is 6.89. The Labute approximate surface area is 170 Å². The summed E-state index contributed by atoms with van der Waals surface area (Å²) in [6.45, 7) is 0. The summed E-state index contributed by atoms with van der Waals surface area (Å²) in [5, 5.41) is 14.2. The average Bonchev–Trinajstić information content (AvgIpc) is 2.68. The zero-order valence-corrected chi connectivity index (χ0v) is 15.9. The first-order valence-electron chi connectivity index (χ1n) is 8.34. The molecule has 5 nitrogen and oxygen atoms in total. The van der Waals surface area contributed by atoms with Crippen molar-refractivity contribution in [2.45, 2.75) is 0 Å². The Morgan fingerprint density at radius 2 is 1.75 bits per heavy atom. The number of hydrogen-bond donors (Lipinski definition) is 2. The fourth-order valence-electron chi connectivity index (χ4n) is 2.83. The number of anilines is 2. The number of benzene rings is 3. The van der Waals surface area contributed by atoms with Gasteiger partial charge in [0, 0.05) is 21.7 Å². The maximum atomic E-state index is 11.2. The number of para-hydroxylation sites is 1. The molecule has 1 heterocycles. The van der Waals surface area contributed by atoms with E-state index >= 15 is 0 Å². The van der Waals surface area contributed by atoms with Gasteiger partial charge < -0.3 is 10.4 Å². The number of fused-ring (bicyclic) bond motifs is 1. The molecule has 4 rings (SSSR count). The van der Waals surface area contributed by atoms with E-state index in [0.717, 1.165) is 10.9 Å². The summed E-state index contributed by atoms with van der Waals surface area (Å²) in [4.78, 5) is 20.5. The first-order valence-corrected chi connectivity index (χ1v) is 9.09. The SMILES string of the molecule is O=C(O)c1cccc(Nc2nc(-c3ccc(Cl)cc3Cl)nc3ccccc23)c1. The molecule has 0 aliphatic heterocycles. The van der Waals surface area contributed by atoms with Gasteiger partial charge in [-0.05, 0) is 48.5 Å². The summed E-state index contributed by atoms with van der Waals surface area (Å²) in [6, 6.07) is 19.2. The molecule has 28 heavy (non-hydrogen) atoms. The highest BCUT2D eigenvalue weighted by Gasteiger charge is 2.13. The van der Waals surface area contributed by atoms with Crippen LogP contribution in [0.25, 0.3) is 22.3 Å². The summed E-state index contributed by atoms with van der Waals surface area (Å²) in [7, 11) is 0. The lowest BCUT2D eigenvalue weighted by Gasteiger charge is -2.12. The number of halogens is 2. The monoisotopic (exact) mass is 409 g/mol. The molecule has 4 aromatic rings. The molecule has 0 saturated heterocycles. The normalized spacial score (nSPS) is 10.8. The molecule has 2 N–H and O–H groups in total. The van der Waals surface area contributed by atoms with Gasteiger partial charge in [0.25, 0.3) is 0 Å². The van der Waals surface area contributed by atoms with Crippen LogP contribution in [0.4, 0.5) is 11.5 Å². The number of rotatable bonds is 4. The summed E-state index contributed by atoms with van der Waals surface area (Å²) in [5.74, 6) is -0.00348. The number of aromatic nitrogens is 2. The minimum Gasteiger partial charge on any atom is -0.478 e. The lowest BCUT2D eigenvalue weighted by atomic mass is 10.1. The van der Waals surface area contributed by atoms with E-state index in [4.69, 9.17) is 23.2 Å². The van der Waals surface area contributed by atoms with Crippen LogP contribution in [0.15, 0.2) is 66.7 Å². The van der Waals surface area contributed by atoms with Crippen molar-refractivity contribution in [1.29, 1.82) is 0 Å². The van der Waals surface area contributed by atoms with Crippen LogP contribution in [-0.4, -0.2) is 21.0 Å². The molecule has 0 spiro atoms. The van der Waals surface area contributed by atoms with Crippen LogP contribution >= 0.6 is 23.2 Å². The Hall–Kier alpha value is -3.15. The predicted molar refractivity (Wildman–Crippen MR) is 112 cm³/mol. The Morgan fingerprint density at radius 1 is 0.929 bits per heavy atom. The molecule has 3 aromatic carbocycles. The Kier molecular flexibility index (Phi) is 4.86. The Bertz CT molecular complexity index is 1210. The number of carboxylic acid groups (broad SMARTS) is 1. The standard InChI is InChI=1S/C21H13Cl2N3O2/c22-13-8-9-15(17(23)11-13)19-25-18-7-2-1-6-16(18)20(26-19)24-14-5-3-4-12(10-14)21(27)28/h1-11H,(H,27,28)(H,24,25,26). The smallest absolute Gasteiger partial charge is 0.335 e. The van der Waals surface area contributed by atoms with Gasteiger partial charge in [-0.15, -0.1) is 0 Å². The highest BCUT2D eigenvalue weighted by Crippen LogP contribution is 2.32. The van der Waals surface area contributed by atoms with Crippen LogP contribution in [0.2, 0.25) is 10.0 Å². The van der Waals surface area contributed by atoms with E-state index in [9.17, 15) is 9.90 Å². The van der Waals surface area contributed by atoms with Crippen molar-refractivity contribution in [3.63, 3.8) is 0 Å². The summed E-state index contributed by atoms with van der Waals surface area (Å²) in [6.07, 6.45) is 0. The van der Waals surface area contributed by atoms with Gasteiger partial charge in [0.05, 0.1) is 16.1 Å². The van der Waals surface area contributed by atoms with Crippen LogP contribution in [0.5, 0.6) is 0 Å². The van der Waals surface area contributed by atoms with Gasteiger partial charge in [-0.1, -0.05) is 41.4 Å². The van der Waals surface area contributed by atoms with E-state index in [0.29, 0.717) is 32.9 Å². The molecule has 0 radical (unpaired) electrons. The number of nitrogens with one attached hydrogen (secondary N) is 1. The molecule has 0 saturated carbocycles. The third-order valence-electron chi connectivity index (χ3n) is 4.15. The molecule has 0 aliphatic rings. The average molecular weight is 410 g/mol. The zero-order valence-electron chi connectivity index (χ0n) is 14.4. The molecule has 138 valence electrons. The molecule has 0 atom stereocenters. The Morgan fingerprint density at radius 3 is 2.54 bits per heavy atom. The molecule has 0 fully saturated rings. The van der Waals surface area contributed by atoms with E-state index in [1.54, 1.807) is 36.4 Å². The van der Waals surface area contributed by atoms with Crippen molar-refractivity contribution < 1.29 is 9.90 Å². The number of nitrogens with zero attached hydrogens (tertiary/aromatic N) is 2. The minimum atomic E-state index is -0.996. The fraction of sp³-hybridized carbons (Fsp3) is 0. The molecular formula is C21H13Cl2N3O2.